The number of aldehydes is 1. The van der Waals surface area contributed by atoms with E-state index in [0.29, 0.717) is 50.2 Å². The van der Waals surface area contributed by atoms with E-state index in [0.717, 1.165) is 25.0 Å². The smallest absolute Gasteiger partial charge is 0.315 e. The topological polar surface area (TPSA) is 169 Å². The minimum atomic E-state index is -0.801. The van der Waals surface area contributed by atoms with Crippen molar-refractivity contribution in [2.45, 2.75) is 101 Å². The van der Waals surface area contributed by atoms with Crippen molar-refractivity contribution in [2.24, 2.45) is 5.92 Å². The molecule has 5 amide bonds. The number of amides is 5. The molecule has 0 aromatic rings. The Kier molecular flexibility index (Phi) is 13.3. The normalized spacial score (nSPS) is 21.7. The minimum absolute atomic E-state index is 0.00216. The number of nitrogens with zero attached hydrogens (tertiary/aromatic N) is 1. The molecule has 0 aliphatic carbocycles. The number of urea groups is 1. The van der Waals surface area contributed by atoms with Crippen molar-refractivity contribution in [2.75, 3.05) is 12.3 Å². The number of carbonyl (C=O) groups is 5. The molecule has 0 unspecified atom stereocenters. The van der Waals surface area contributed by atoms with Crippen LogP contribution in [0.15, 0.2) is 0 Å². The molecule has 2 rings (SSSR count). The quantitative estimate of drug-likeness (QED) is 0.105. The van der Waals surface area contributed by atoms with Crippen LogP contribution < -0.4 is 26.6 Å². The summed E-state index contributed by atoms with van der Waals surface area (Å²) in [5, 5.41) is 23.1. The lowest BCUT2D eigenvalue weighted by molar-refractivity contribution is -0.130. The lowest BCUT2D eigenvalue weighted by Crippen LogP contribution is -2.50. The molecule has 2 aliphatic rings. The Morgan fingerprint density at radius 3 is 2.62 bits per heavy atom. The van der Waals surface area contributed by atoms with Crippen molar-refractivity contribution < 1.29 is 24.0 Å². The molecule has 0 aromatic carbocycles. The van der Waals surface area contributed by atoms with E-state index in [1.54, 1.807) is 6.07 Å². The van der Waals surface area contributed by atoms with Crippen LogP contribution >= 0.6 is 11.8 Å². The van der Waals surface area contributed by atoms with Crippen LogP contribution in [0, 0.1) is 17.2 Å². The molecule has 2 saturated heterocycles. The van der Waals surface area contributed by atoms with E-state index in [1.165, 1.54) is 0 Å². The van der Waals surface area contributed by atoms with Crippen LogP contribution in [0.4, 0.5) is 4.79 Å². The van der Waals surface area contributed by atoms with Gasteiger partial charge in [-0.3, -0.25) is 14.4 Å². The largest absolute Gasteiger partial charge is 0.356 e. The number of hydrogen-bond donors (Lipinski definition) is 5. The summed E-state index contributed by atoms with van der Waals surface area (Å²) in [7, 11) is 0. The Morgan fingerprint density at radius 1 is 1.14 bits per heavy atom. The summed E-state index contributed by atoms with van der Waals surface area (Å²) in [5.41, 5.74) is 0. The highest BCUT2D eigenvalue weighted by Gasteiger charge is 2.42. The van der Waals surface area contributed by atoms with Gasteiger partial charge in [0.15, 0.2) is 0 Å². The van der Waals surface area contributed by atoms with Crippen LogP contribution in [0.1, 0.15) is 71.6 Å². The zero-order valence-electron chi connectivity index (χ0n) is 21.7. The molecule has 12 heteroatoms. The third kappa shape index (κ3) is 11.0. The summed E-state index contributed by atoms with van der Waals surface area (Å²) >= 11 is 1.87. The van der Waals surface area contributed by atoms with Crippen molar-refractivity contribution >= 4 is 41.8 Å². The molecular formula is C25H40N6O5S. The number of nitriles is 1. The average molecular weight is 537 g/mol. The Hall–Kier alpha value is -2.81. The monoisotopic (exact) mass is 536 g/mol. The molecule has 0 bridgehead atoms. The van der Waals surface area contributed by atoms with Crippen molar-refractivity contribution in [3.63, 3.8) is 0 Å². The molecule has 2 heterocycles. The Morgan fingerprint density at radius 2 is 1.92 bits per heavy atom. The molecular weight excluding hydrogens is 496 g/mol. The average Bonchev–Trinajstić information content (AvgIpc) is 3.39. The first-order chi connectivity index (χ1) is 17.7. The Bertz CT molecular complexity index is 848. The third-order valence-electron chi connectivity index (χ3n) is 6.44. The lowest BCUT2D eigenvalue weighted by Gasteiger charge is -2.22. The van der Waals surface area contributed by atoms with Gasteiger partial charge in [-0.2, -0.15) is 17.0 Å². The number of carbonyl (C=O) groups excluding carboxylic acids is 5. The standard InChI is InChI=1S/C25H40N6O5S/c1-16(2)13-18(29-22(34)10-11-26)24(35)28-17(14-32)7-5-6-12-27-21(33)9-4-3-8-20-23-19(15-37-20)30-25(36)31-23/h14,16-20,23H,3-10,12-13,15H2,1-2H3,(H,27,33)(H,28,35)(H,29,34)(H2,30,31,36)/t17-,18-,19-,20-,23-/m0/s1. The van der Waals surface area contributed by atoms with Gasteiger partial charge < -0.3 is 31.4 Å². The maximum atomic E-state index is 12.6. The predicted molar refractivity (Wildman–Crippen MR) is 140 cm³/mol. The fraction of sp³-hybridized carbons (Fsp3) is 0.760. The van der Waals surface area contributed by atoms with Crippen LogP contribution in [0.25, 0.3) is 0 Å². The van der Waals surface area contributed by atoms with Crippen molar-refractivity contribution in [3.8, 4) is 6.07 Å². The van der Waals surface area contributed by atoms with Gasteiger partial charge >= 0.3 is 6.03 Å². The minimum Gasteiger partial charge on any atom is -0.356 e. The highest BCUT2D eigenvalue weighted by molar-refractivity contribution is 8.00. The van der Waals surface area contributed by atoms with Gasteiger partial charge in [0.2, 0.25) is 17.7 Å². The van der Waals surface area contributed by atoms with E-state index < -0.39 is 23.9 Å². The SMILES string of the molecule is CC(C)C[C@H](NC(=O)CC#N)C(=O)N[C@H](C=O)CCCCNC(=O)CCCC[C@@H]1SC[C@@H]2NC(=O)N[C@@H]21. The molecule has 37 heavy (non-hydrogen) atoms. The summed E-state index contributed by atoms with van der Waals surface area (Å²) in [6, 6.07) is 0.592. The number of hydrogen-bond acceptors (Lipinski definition) is 7. The third-order valence-corrected chi connectivity index (χ3v) is 7.94. The van der Waals surface area contributed by atoms with E-state index >= 15 is 0 Å². The molecule has 2 aliphatic heterocycles. The molecule has 0 radical (unpaired) electrons. The summed E-state index contributed by atoms with van der Waals surface area (Å²) in [5.74, 6) is 0.104. The second-order valence-corrected chi connectivity index (χ2v) is 11.3. The highest BCUT2D eigenvalue weighted by atomic mass is 32.2. The van der Waals surface area contributed by atoms with Crippen molar-refractivity contribution in [1.82, 2.24) is 26.6 Å². The number of rotatable bonds is 17. The van der Waals surface area contributed by atoms with Gasteiger partial charge in [0, 0.05) is 24.0 Å². The van der Waals surface area contributed by atoms with Gasteiger partial charge in [-0.05, 0) is 44.4 Å². The zero-order valence-corrected chi connectivity index (χ0v) is 22.5. The lowest BCUT2D eigenvalue weighted by atomic mass is 10.0. The van der Waals surface area contributed by atoms with E-state index in [-0.39, 0.29) is 36.4 Å². The summed E-state index contributed by atoms with van der Waals surface area (Å²) in [4.78, 5) is 59.4. The van der Waals surface area contributed by atoms with E-state index in [9.17, 15) is 24.0 Å². The first kappa shape index (κ1) is 30.4. The Balaban J connectivity index is 1.57. The van der Waals surface area contributed by atoms with Gasteiger partial charge in [-0.15, -0.1) is 0 Å². The molecule has 5 N–H and O–H groups in total. The second-order valence-electron chi connectivity index (χ2n) is 10.0. The van der Waals surface area contributed by atoms with Crippen LogP contribution in [-0.2, 0) is 19.2 Å². The molecule has 5 atom stereocenters. The van der Waals surface area contributed by atoms with Crippen molar-refractivity contribution in [3.05, 3.63) is 0 Å². The number of nitrogens with one attached hydrogen (secondary N) is 5. The van der Waals surface area contributed by atoms with Crippen molar-refractivity contribution in [1.29, 1.82) is 5.26 Å². The maximum absolute atomic E-state index is 12.6. The summed E-state index contributed by atoms with van der Waals surface area (Å²) in [6.45, 7) is 4.33. The van der Waals surface area contributed by atoms with Crippen LogP contribution in [0.2, 0.25) is 0 Å². The first-order valence-electron chi connectivity index (χ1n) is 13.1. The molecule has 11 nitrogen and oxygen atoms in total. The van der Waals surface area contributed by atoms with Gasteiger partial charge in [0.25, 0.3) is 0 Å². The molecule has 0 aromatic heterocycles. The Labute approximate surface area is 223 Å². The molecule has 0 saturated carbocycles. The predicted octanol–water partition coefficient (Wildman–Crippen LogP) is 1.13. The maximum Gasteiger partial charge on any atom is 0.315 e. The van der Waals surface area contributed by atoms with Gasteiger partial charge in [-0.25, -0.2) is 4.79 Å². The number of unbranched alkanes of at least 4 members (excludes halogenated alkanes) is 2. The molecule has 2 fully saturated rings. The number of thioether (sulfide) groups is 1. The fourth-order valence-corrected chi connectivity index (χ4v) is 6.10. The van der Waals surface area contributed by atoms with Crippen LogP contribution in [-0.4, -0.2) is 71.8 Å². The van der Waals surface area contributed by atoms with Crippen LogP contribution in [0.3, 0.4) is 0 Å². The van der Waals surface area contributed by atoms with Crippen LogP contribution in [0.5, 0.6) is 0 Å². The zero-order chi connectivity index (χ0) is 27.2. The molecule has 206 valence electrons. The summed E-state index contributed by atoms with van der Waals surface area (Å²) in [6.07, 6.45) is 5.64. The van der Waals surface area contributed by atoms with Gasteiger partial charge in [0.05, 0.1) is 24.2 Å². The van der Waals surface area contributed by atoms with Gasteiger partial charge in [0.1, 0.15) is 18.7 Å². The number of fused-ring (bicyclic) bond motifs is 1. The molecule has 0 spiro atoms. The highest BCUT2D eigenvalue weighted by Crippen LogP contribution is 2.33. The summed E-state index contributed by atoms with van der Waals surface area (Å²) < 4.78 is 0. The van der Waals surface area contributed by atoms with E-state index in [4.69, 9.17) is 5.26 Å². The van der Waals surface area contributed by atoms with E-state index in [1.807, 2.05) is 25.6 Å². The second kappa shape index (κ2) is 16.1. The van der Waals surface area contributed by atoms with E-state index in [2.05, 4.69) is 26.6 Å². The van der Waals surface area contributed by atoms with Gasteiger partial charge in [-0.1, -0.05) is 20.3 Å². The first-order valence-corrected chi connectivity index (χ1v) is 14.2. The fourth-order valence-electron chi connectivity index (χ4n) is 4.56.